The summed E-state index contributed by atoms with van der Waals surface area (Å²) in [6.45, 7) is 7.26. The van der Waals surface area contributed by atoms with Crippen LogP contribution in [0.2, 0.25) is 0 Å². The van der Waals surface area contributed by atoms with Crippen LogP contribution in [-0.2, 0) is 0 Å². The van der Waals surface area contributed by atoms with E-state index in [-0.39, 0.29) is 6.10 Å². The van der Waals surface area contributed by atoms with Gasteiger partial charge in [-0.05, 0) is 39.7 Å². The van der Waals surface area contributed by atoms with Crippen LogP contribution in [0.5, 0.6) is 5.75 Å². The van der Waals surface area contributed by atoms with Gasteiger partial charge < -0.3 is 10.1 Å². The van der Waals surface area contributed by atoms with Gasteiger partial charge in [0.15, 0.2) is 5.75 Å². The van der Waals surface area contributed by atoms with Crippen LogP contribution < -0.4 is 10.1 Å². The minimum absolute atomic E-state index is 0.209. The molecule has 2 rings (SSSR count). The van der Waals surface area contributed by atoms with Crippen molar-refractivity contribution in [3.05, 3.63) is 12.4 Å². The molecule has 96 valence electrons. The molecule has 1 aliphatic rings. The number of aromatic nitrogens is 2. The Morgan fingerprint density at radius 3 is 3.06 bits per heavy atom. The van der Waals surface area contributed by atoms with Crippen LogP contribution in [0.25, 0.3) is 0 Å². The Morgan fingerprint density at radius 2 is 2.35 bits per heavy atom. The molecule has 1 aliphatic carbocycles. The van der Waals surface area contributed by atoms with Crippen LogP contribution in [0, 0.1) is 0 Å². The summed E-state index contributed by atoms with van der Waals surface area (Å²) in [5.41, 5.74) is 0. The Morgan fingerprint density at radius 1 is 1.53 bits per heavy atom. The Labute approximate surface area is 103 Å². The highest BCUT2D eigenvalue weighted by Gasteiger charge is 2.28. The van der Waals surface area contributed by atoms with Gasteiger partial charge in [0.2, 0.25) is 0 Å². The summed E-state index contributed by atoms with van der Waals surface area (Å²) in [5.74, 6) is 0.877. The van der Waals surface area contributed by atoms with E-state index in [1.807, 2.05) is 26.2 Å². The third-order valence-electron chi connectivity index (χ3n) is 3.24. The topological polar surface area (TPSA) is 39.1 Å². The molecule has 4 nitrogen and oxygen atoms in total. The molecular formula is C13H23N3O. The predicted molar refractivity (Wildman–Crippen MR) is 68.3 cm³/mol. The second-order valence-electron chi connectivity index (χ2n) is 4.99. The van der Waals surface area contributed by atoms with Crippen LogP contribution in [0.15, 0.2) is 12.4 Å². The SMILES string of the molecule is CCNC1CCCC1n1cc(OC(C)C)cn1. The largest absolute Gasteiger partial charge is 0.488 e. The summed E-state index contributed by atoms with van der Waals surface area (Å²) in [6.07, 6.45) is 7.80. The highest BCUT2D eigenvalue weighted by molar-refractivity contribution is 5.13. The van der Waals surface area contributed by atoms with Crippen molar-refractivity contribution in [2.24, 2.45) is 0 Å². The summed E-state index contributed by atoms with van der Waals surface area (Å²) in [4.78, 5) is 0. The van der Waals surface area contributed by atoms with E-state index in [1.54, 1.807) is 0 Å². The molecule has 1 saturated carbocycles. The van der Waals surface area contributed by atoms with Crippen molar-refractivity contribution in [1.82, 2.24) is 15.1 Å². The van der Waals surface area contributed by atoms with Gasteiger partial charge in [0.05, 0.1) is 24.5 Å². The minimum atomic E-state index is 0.209. The zero-order chi connectivity index (χ0) is 12.3. The first-order valence-electron chi connectivity index (χ1n) is 6.65. The molecule has 0 aliphatic heterocycles. The van der Waals surface area contributed by atoms with Crippen molar-refractivity contribution in [3.63, 3.8) is 0 Å². The average molecular weight is 237 g/mol. The lowest BCUT2D eigenvalue weighted by molar-refractivity contribution is 0.241. The first kappa shape index (κ1) is 12.4. The van der Waals surface area contributed by atoms with Gasteiger partial charge in [0, 0.05) is 6.04 Å². The number of nitrogens with zero attached hydrogens (tertiary/aromatic N) is 2. The summed E-state index contributed by atoms with van der Waals surface area (Å²) >= 11 is 0. The molecule has 0 amide bonds. The number of nitrogens with one attached hydrogen (secondary N) is 1. The van der Waals surface area contributed by atoms with E-state index in [1.165, 1.54) is 19.3 Å². The van der Waals surface area contributed by atoms with Gasteiger partial charge >= 0.3 is 0 Å². The van der Waals surface area contributed by atoms with Crippen LogP contribution in [0.3, 0.4) is 0 Å². The van der Waals surface area contributed by atoms with Crippen LogP contribution >= 0.6 is 0 Å². The van der Waals surface area contributed by atoms with Crippen molar-refractivity contribution >= 4 is 0 Å². The normalized spacial score (nSPS) is 24.5. The van der Waals surface area contributed by atoms with E-state index in [0.29, 0.717) is 12.1 Å². The smallest absolute Gasteiger partial charge is 0.157 e. The lowest BCUT2D eigenvalue weighted by Gasteiger charge is -2.20. The van der Waals surface area contributed by atoms with Crippen molar-refractivity contribution in [2.45, 2.75) is 58.2 Å². The van der Waals surface area contributed by atoms with E-state index in [9.17, 15) is 0 Å². The molecule has 1 aromatic rings. The van der Waals surface area contributed by atoms with E-state index in [0.717, 1.165) is 12.3 Å². The first-order chi connectivity index (χ1) is 8.20. The molecule has 1 aromatic heterocycles. The Kier molecular flexibility index (Phi) is 4.05. The summed E-state index contributed by atoms with van der Waals surface area (Å²) in [6, 6.07) is 1.05. The fraction of sp³-hybridized carbons (Fsp3) is 0.769. The highest BCUT2D eigenvalue weighted by Crippen LogP contribution is 2.30. The first-order valence-corrected chi connectivity index (χ1v) is 6.65. The third kappa shape index (κ3) is 3.00. The number of ether oxygens (including phenoxy) is 1. The monoisotopic (exact) mass is 237 g/mol. The van der Waals surface area contributed by atoms with Gasteiger partial charge in [-0.1, -0.05) is 6.92 Å². The fourth-order valence-electron chi connectivity index (χ4n) is 2.59. The molecule has 1 N–H and O–H groups in total. The van der Waals surface area contributed by atoms with Gasteiger partial charge in [-0.15, -0.1) is 0 Å². The van der Waals surface area contributed by atoms with Gasteiger partial charge in [-0.2, -0.15) is 5.10 Å². The van der Waals surface area contributed by atoms with Gasteiger partial charge in [0.1, 0.15) is 0 Å². The molecule has 0 bridgehead atoms. The van der Waals surface area contributed by atoms with Gasteiger partial charge in [0.25, 0.3) is 0 Å². The van der Waals surface area contributed by atoms with Crippen molar-refractivity contribution < 1.29 is 4.74 Å². The second kappa shape index (κ2) is 5.54. The zero-order valence-corrected chi connectivity index (χ0v) is 11.0. The summed E-state index contributed by atoms with van der Waals surface area (Å²) in [5, 5.41) is 7.98. The lowest BCUT2D eigenvalue weighted by atomic mass is 10.2. The van der Waals surface area contributed by atoms with Crippen LogP contribution in [0.4, 0.5) is 0 Å². The molecule has 0 spiro atoms. The maximum absolute atomic E-state index is 5.65. The molecule has 0 aromatic carbocycles. The predicted octanol–water partition coefficient (Wildman–Crippen LogP) is 2.37. The molecule has 0 saturated heterocycles. The van der Waals surface area contributed by atoms with Crippen molar-refractivity contribution in [3.8, 4) is 5.75 Å². The average Bonchev–Trinajstić information content (AvgIpc) is 2.86. The van der Waals surface area contributed by atoms with Gasteiger partial charge in [-0.3, -0.25) is 4.68 Å². The number of likely N-dealkylation sites (N-methyl/N-ethyl adjacent to an activating group) is 1. The molecule has 1 heterocycles. The summed E-state index contributed by atoms with van der Waals surface area (Å²) in [7, 11) is 0. The molecule has 2 atom stereocenters. The molecule has 2 unspecified atom stereocenters. The summed E-state index contributed by atoms with van der Waals surface area (Å²) < 4.78 is 7.71. The maximum atomic E-state index is 5.65. The number of rotatable bonds is 5. The molecular weight excluding hydrogens is 214 g/mol. The Bertz CT molecular complexity index is 348. The standard InChI is InChI=1S/C13H23N3O/c1-4-14-12-6-5-7-13(12)16-9-11(8-15-16)17-10(2)3/h8-10,12-14H,4-7H2,1-3H3. The van der Waals surface area contributed by atoms with Crippen LogP contribution in [-0.4, -0.2) is 28.5 Å². The van der Waals surface area contributed by atoms with Gasteiger partial charge in [-0.25, -0.2) is 0 Å². The number of hydrogen-bond donors (Lipinski definition) is 1. The van der Waals surface area contributed by atoms with Crippen molar-refractivity contribution in [2.75, 3.05) is 6.54 Å². The van der Waals surface area contributed by atoms with Crippen molar-refractivity contribution in [1.29, 1.82) is 0 Å². The van der Waals surface area contributed by atoms with E-state index in [4.69, 9.17) is 4.74 Å². The van der Waals surface area contributed by atoms with E-state index in [2.05, 4.69) is 22.0 Å². The second-order valence-corrected chi connectivity index (χ2v) is 4.99. The molecule has 1 fully saturated rings. The Hall–Kier alpha value is -1.03. The van der Waals surface area contributed by atoms with E-state index >= 15 is 0 Å². The molecule has 0 radical (unpaired) electrons. The quantitative estimate of drug-likeness (QED) is 0.854. The minimum Gasteiger partial charge on any atom is -0.488 e. The Balaban J connectivity index is 2.03. The van der Waals surface area contributed by atoms with E-state index < -0.39 is 0 Å². The highest BCUT2D eigenvalue weighted by atomic mass is 16.5. The van der Waals surface area contributed by atoms with Crippen LogP contribution in [0.1, 0.15) is 46.1 Å². The lowest BCUT2D eigenvalue weighted by Crippen LogP contribution is -2.33. The molecule has 17 heavy (non-hydrogen) atoms. The third-order valence-corrected chi connectivity index (χ3v) is 3.24. The maximum Gasteiger partial charge on any atom is 0.157 e. The molecule has 4 heteroatoms. The zero-order valence-electron chi connectivity index (χ0n) is 11.0. The number of hydrogen-bond acceptors (Lipinski definition) is 3. The fourth-order valence-corrected chi connectivity index (χ4v) is 2.59.